The van der Waals surface area contributed by atoms with Crippen molar-refractivity contribution in [2.45, 2.75) is 26.8 Å². The molecule has 2 atom stereocenters. The molecule has 1 heterocycles. The molecule has 2 aromatic carbocycles. The number of likely N-dealkylation sites (N-methyl/N-ethyl adjacent to an activating group) is 1. The number of carbonyl (C=O) groups is 2. The lowest BCUT2D eigenvalue weighted by molar-refractivity contribution is -0.862. The molecule has 2 amide bonds. The minimum absolute atomic E-state index is 0.116. The van der Waals surface area contributed by atoms with Crippen LogP contribution in [-0.4, -0.2) is 32.0 Å². The van der Waals surface area contributed by atoms with Crippen molar-refractivity contribution in [2.24, 2.45) is 0 Å². The van der Waals surface area contributed by atoms with E-state index in [9.17, 15) is 9.59 Å². The summed E-state index contributed by atoms with van der Waals surface area (Å²) in [7, 11) is 1.83. The second kappa shape index (κ2) is 8.92. The van der Waals surface area contributed by atoms with E-state index in [0.29, 0.717) is 5.76 Å². The van der Waals surface area contributed by atoms with Gasteiger partial charge in [-0.2, -0.15) is 0 Å². The highest BCUT2D eigenvalue weighted by atomic mass is 16.3. The van der Waals surface area contributed by atoms with Crippen LogP contribution in [-0.2, 0) is 9.59 Å². The van der Waals surface area contributed by atoms with Crippen LogP contribution < -0.4 is 15.5 Å². The number of benzene rings is 2. The van der Waals surface area contributed by atoms with E-state index in [4.69, 9.17) is 4.42 Å². The predicted molar refractivity (Wildman–Crippen MR) is 114 cm³/mol. The van der Waals surface area contributed by atoms with E-state index in [1.807, 2.05) is 76.3 Å². The van der Waals surface area contributed by atoms with Gasteiger partial charge >= 0.3 is 0 Å². The molecule has 0 spiro atoms. The van der Waals surface area contributed by atoms with Crippen molar-refractivity contribution in [1.82, 2.24) is 5.32 Å². The third-order valence-electron chi connectivity index (χ3n) is 5.05. The minimum Gasteiger partial charge on any atom is -0.459 e. The molecule has 3 rings (SSSR count). The van der Waals surface area contributed by atoms with Gasteiger partial charge in [-0.1, -0.05) is 30.3 Å². The van der Waals surface area contributed by atoms with Crippen molar-refractivity contribution in [3.8, 4) is 0 Å². The molecule has 0 aliphatic carbocycles. The Morgan fingerprint density at radius 2 is 1.76 bits per heavy atom. The lowest BCUT2D eigenvalue weighted by Crippen LogP contribution is -3.11. The number of rotatable bonds is 7. The van der Waals surface area contributed by atoms with Crippen molar-refractivity contribution < 1.29 is 18.9 Å². The molecule has 0 radical (unpaired) electrons. The Hall–Kier alpha value is -3.12. The summed E-state index contributed by atoms with van der Waals surface area (Å²) in [5.74, 6) is 0.467. The summed E-state index contributed by atoms with van der Waals surface area (Å²) in [4.78, 5) is 25.5. The molecule has 152 valence electrons. The fourth-order valence-electron chi connectivity index (χ4n) is 3.27. The first kappa shape index (κ1) is 20.6. The highest BCUT2D eigenvalue weighted by molar-refractivity contribution is 5.92. The SMILES string of the molecule is Cc1cccc(NC(=O)C[NH+](C)CC(=O)N[C@H](C)c2cc3ccccc3o2)c1C. The van der Waals surface area contributed by atoms with Crippen LogP contribution in [0.25, 0.3) is 11.0 Å². The maximum absolute atomic E-state index is 12.4. The van der Waals surface area contributed by atoms with E-state index in [1.54, 1.807) is 0 Å². The molecule has 0 fully saturated rings. The molecule has 0 saturated heterocycles. The molecule has 0 aliphatic heterocycles. The normalized spacial score (nSPS) is 13.1. The van der Waals surface area contributed by atoms with Crippen LogP contribution in [0.1, 0.15) is 29.9 Å². The van der Waals surface area contributed by atoms with Gasteiger partial charge in [0.15, 0.2) is 13.1 Å². The summed E-state index contributed by atoms with van der Waals surface area (Å²) < 4.78 is 5.80. The van der Waals surface area contributed by atoms with Crippen LogP contribution in [0, 0.1) is 13.8 Å². The van der Waals surface area contributed by atoms with Gasteiger partial charge in [-0.15, -0.1) is 0 Å². The average Bonchev–Trinajstić information content (AvgIpc) is 3.09. The Morgan fingerprint density at radius 3 is 2.52 bits per heavy atom. The number of hydrogen-bond donors (Lipinski definition) is 3. The summed E-state index contributed by atoms with van der Waals surface area (Å²) in [6.07, 6.45) is 0. The number of anilines is 1. The maximum atomic E-state index is 12.4. The number of aryl methyl sites for hydroxylation is 1. The second-order valence-electron chi connectivity index (χ2n) is 7.58. The van der Waals surface area contributed by atoms with Crippen molar-refractivity contribution in [3.63, 3.8) is 0 Å². The van der Waals surface area contributed by atoms with E-state index in [0.717, 1.165) is 32.7 Å². The molecule has 0 aliphatic rings. The Kier molecular flexibility index (Phi) is 6.34. The second-order valence-corrected chi connectivity index (χ2v) is 7.58. The van der Waals surface area contributed by atoms with Gasteiger partial charge in [0.25, 0.3) is 11.8 Å². The number of para-hydroxylation sites is 1. The highest BCUT2D eigenvalue weighted by Crippen LogP contribution is 2.23. The van der Waals surface area contributed by atoms with Crippen LogP contribution in [0.2, 0.25) is 0 Å². The molecule has 3 aromatic rings. The fraction of sp³-hybridized carbons (Fsp3) is 0.304. The lowest BCUT2D eigenvalue weighted by Gasteiger charge is -2.16. The molecule has 0 saturated carbocycles. The largest absolute Gasteiger partial charge is 0.459 e. The monoisotopic (exact) mass is 394 g/mol. The van der Waals surface area contributed by atoms with Crippen molar-refractivity contribution in [1.29, 1.82) is 0 Å². The number of fused-ring (bicyclic) bond motifs is 1. The summed E-state index contributed by atoms with van der Waals surface area (Å²) in [5, 5.41) is 6.88. The zero-order chi connectivity index (χ0) is 21.0. The first-order valence-corrected chi connectivity index (χ1v) is 9.78. The molecule has 3 N–H and O–H groups in total. The maximum Gasteiger partial charge on any atom is 0.279 e. The molecule has 6 heteroatoms. The zero-order valence-corrected chi connectivity index (χ0v) is 17.3. The van der Waals surface area contributed by atoms with Gasteiger partial charge in [0.2, 0.25) is 0 Å². The Labute approximate surface area is 170 Å². The number of quaternary nitrogens is 1. The van der Waals surface area contributed by atoms with Crippen molar-refractivity contribution in [3.05, 3.63) is 65.4 Å². The summed E-state index contributed by atoms with van der Waals surface area (Å²) in [6, 6.07) is 15.3. The Morgan fingerprint density at radius 1 is 1.03 bits per heavy atom. The summed E-state index contributed by atoms with van der Waals surface area (Å²) in [6.45, 7) is 6.28. The minimum atomic E-state index is -0.244. The first-order valence-electron chi connectivity index (χ1n) is 9.78. The zero-order valence-electron chi connectivity index (χ0n) is 17.3. The van der Waals surface area contributed by atoms with Gasteiger partial charge in [-0.3, -0.25) is 9.59 Å². The predicted octanol–water partition coefficient (Wildman–Crippen LogP) is 2.38. The molecule has 1 aromatic heterocycles. The number of amides is 2. The topological polar surface area (TPSA) is 75.8 Å². The molecule has 0 bridgehead atoms. The third-order valence-corrected chi connectivity index (χ3v) is 5.05. The Bertz CT molecular complexity index is 992. The molecule has 1 unspecified atom stereocenters. The highest BCUT2D eigenvalue weighted by Gasteiger charge is 2.19. The average molecular weight is 394 g/mol. The fourth-order valence-corrected chi connectivity index (χ4v) is 3.27. The van der Waals surface area contributed by atoms with E-state index in [1.165, 1.54) is 0 Å². The van der Waals surface area contributed by atoms with Gasteiger partial charge in [0.1, 0.15) is 11.3 Å². The summed E-state index contributed by atoms with van der Waals surface area (Å²) >= 11 is 0. The van der Waals surface area contributed by atoms with E-state index in [2.05, 4.69) is 10.6 Å². The lowest BCUT2D eigenvalue weighted by atomic mass is 10.1. The van der Waals surface area contributed by atoms with Gasteiger partial charge in [-0.05, 0) is 50.1 Å². The van der Waals surface area contributed by atoms with E-state index in [-0.39, 0.29) is 30.9 Å². The smallest absolute Gasteiger partial charge is 0.279 e. The van der Waals surface area contributed by atoms with Gasteiger partial charge in [-0.25, -0.2) is 0 Å². The molecule has 6 nitrogen and oxygen atoms in total. The van der Waals surface area contributed by atoms with Crippen LogP contribution in [0.4, 0.5) is 5.69 Å². The van der Waals surface area contributed by atoms with Crippen LogP contribution in [0.5, 0.6) is 0 Å². The van der Waals surface area contributed by atoms with E-state index < -0.39 is 0 Å². The molecular formula is C23H28N3O3+. The van der Waals surface area contributed by atoms with Gasteiger partial charge < -0.3 is 20.0 Å². The third kappa shape index (κ3) is 5.23. The number of furan rings is 1. The summed E-state index contributed by atoms with van der Waals surface area (Å²) in [5.41, 5.74) is 3.79. The number of nitrogens with one attached hydrogen (secondary N) is 3. The quantitative estimate of drug-likeness (QED) is 0.576. The van der Waals surface area contributed by atoms with Crippen molar-refractivity contribution >= 4 is 28.5 Å². The standard InChI is InChI=1S/C23H27N3O3/c1-15-8-7-10-19(16(15)2)25-23(28)14-26(4)13-22(27)24-17(3)21-12-18-9-5-6-11-20(18)29-21/h5-12,17H,13-14H2,1-4H3,(H,24,27)(H,25,28)/p+1/t17-/m1/s1. The molecule has 29 heavy (non-hydrogen) atoms. The number of carbonyl (C=O) groups excluding carboxylic acids is 2. The van der Waals surface area contributed by atoms with Gasteiger partial charge in [0, 0.05) is 11.1 Å². The molecular weight excluding hydrogens is 366 g/mol. The van der Waals surface area contributed by atoms with Crippen LogP contribution >= 0.6 is 0 Å². The Balaban J connectivity index is 1.50. The van der Waals surface area contributed by atoms with Crippen LogP contribution in [0.15, 0.2) is 52.9 Å². The van der Waals surface area contributed by atoms with E-state index >= 15 is 0 Å². The number of hydrogen-bond acceptors (Lipinski definition) is 3. The van der Waals surface area contributed by atoms with Crippen molar-refractivity contribution in [2.75, 3.05) is 25.5 Å². The van der Waals surface area contributed by atoms with Gasteiger partial charge in [0.05, 0.1) is 13.1 Å². The van der Waals surface area contributed by atoms with Crippen LogP contribution in [0.3, 0.4) is 0 Å². The first-order chi connectivity index (χ1) is 13.8.